The van der Waals surface area contributed by atoms with Crippen LogP contribution in [0, 0.1) is 0 Å². The highest BCUT2D eigenvalue weighted by Crippen LogP contribution is 2.19. The third kappa shape index (κ3) is 3.61. The monoisotopic (exact) mass is 342 g/mol. The average Bonchev–Trinajstić information content (AvgIpc) is 3.07. The summed E-state index contributed by atoms with van der Waals surface area (Å²) in [5.41, 5.74) is 2.49. The van der Waals surface area contributed by atoms with Gasteiger partial charge in [-0.25, -0.2) is 4.68 Å². The van der Waals surface area contributed by atoms with Crippen LogP contribution >= 0.6 is 11.6 Å². The van der Waals surface area contributed by atoms with Crippen molar-refractivity contribution >= 4 is 23.2 Å². The van der Waals surface area contributed by atoms with Crippen LogP contribution in [0.2, 0.25) is 5.02 Å². The van der Waals surface area contributed by atoms with Crippen molar-refractivity contribution in [3.05, 3.63) is 71.0 Å². The predicted octanol–water partition coefficient (Wildman–Crippen LogP) is 2.71. The number of carbonyl (C=O) groups is 1. The number of para-hydroxylation sites is 1. The second-order valence-corrected chi connectivity index (χ2v) is 5.53. The fourth-order valence-electron chi connectivity index (χ4n) is 2.20. The number of nitrogens with one attached hydrogen (secondary N) is 1. The molecule has 1 aromatic heterocycles. The van der Waals surface area contributed by atoms with Crippen LogP contribution in [0.5, 0.6) is 0 Å². The van der Waals surface area contributed by atoms with Gasteiger partial charge < -0.3 is 10.4 Å². The summed E-state index contributed by atoms with van der Waals surface area (Å²) < 4.78 is 1.46. The summed E-state index contributed by atoms with van der Waals surface area (Å²) in [4.78, 5) is 12.3. The van der Waals surface area contributed by atoms with E-state index in [-0.39, 0.29) is 18.2 Å². The zero-order valence-corrected chi connectivity index (χ0v) is 13.4. The smallest absolute Gasteiger partial charge is 0.277 e. The van der Waals surface area contributed by atoms with Crippen molar-refractivity contribution in [2.45, 2.75) is 6.42 Å². The number of carbonyl (C=O) groups excluding carboxylic acids is 1. The lowest BCUT2D eigenvalue weighted by Crippen LogP contribution is -2.12. The van der Waals surface area contributed by atoms with Gasteiger partial charge in [0.2, 0.25) is 0 Å². The molecule has 2 N–H and O–H groups in total. The topological polar surface area (TPSA) is 80.0 Å². The van der Waals surface area contributed by atoms with Crippen LogP contribution in [0.3, 0.4) is 0 Å². The summed E-state index contributed by atoms with van der Waals surface area (Å²) in [6.07, 6.45) is 2.11. The molecule has 3 rings (SSSR count). The minimum absolute atomic E-state index is 0.0941. The van der Waals surface area contributed by atoms with Gasteiger partial charge in [0, 0.05) is 12.3 Å². The van der Waals surface area contributed by atoms with Gasteiger partial charge in [-0.3, -0.25) is 4.79 Å². The lowest BCUT2D eigenvalue weighted by Gasteiger charge is -2.04. The van der Waals surface area contributed by atoms with Crippen LogP contribution in [0.15, 0.2) is 54.7 Å². The summed E-state index contributed by atoms with van der Waals surface area (Å²) in [6.45, 7) is 0.0941. The van der Waals surface area contributed by atoms with E-state index in [9.17, 15) is 4.79 Å². The van der Waals surface area contributed by atoms with E-state index in [2.05, 4.69) is 15.6 Å². The fourth-order valence-corrected chi connectivity index (χ4v) is 2.42. The van der Waals surface area contributed by atoms with E-state index >= 15 is 0 Å². The largest absolute Gasteiger partial charge is 0.396 e. The maximum atomic E-state index is 12.3. The van der Waals surface area contributed by atoms with Gasteiger partial charge in [-0.05, 0) is 36.2 Å². The van der Waals surface area contributed by atoms with Crippen molar-refractivity contribution in [2.24, 2.45) is 0 Å². The van der Waals surface area contributed by atoms with Gasteiger partial charge in [-0.1, -0.05) is 41.1 Å². The molecular weight excluding hydrogens is 328 g/mol. The highest BCUT2D eigenvalue weighted by atomic mass is 35.5. The number of anilines is 1. The quantitative estimate of drug-likeness (QED) is 0.747. The molecule has 6 nitrogen and oxygen atoms in total. The van der Waals surface area contributed by atoms with Crippen LogP contribution in [0.25, 0.3) is 5.69 Å². The number of aromatic nitrogens is 3. The highest BCUT2D eigenvalue weighted by molar-refractivity contribution is 6.32. The van der Waals surface area contributed by atoms with Gasteiger partial charge in [0.25, 0.3) is 5.91 Å². The standard InChI is InChI=1S/C17H15ClN4O2/c18-14-3-1-2-4-16(14)22-11-15(20-21-22)17(24)19-13-7-5-12(6-8-13)9-10-23/h1-8,11,23H,9-10H2,(H,19,24). The zero-order chi connectivity index (χ0) is 16.9. The van der Waals surface area contributed by atoms with Crippen molar-refractivity contribution in [1.29, 1.82) is 0 Å². The number of rotatable bonds is 5. The first-order valence-corrected chi connectivity index (χ1v) is 7.73. The summed E-state index contributed by atoms with van der Waals surface area (Å²) in [5, 5.41) is 20.0. The van der Waals surface area contributed by atoms with E-state index in [1.807, 2.05) is 24.3 Å². The number of aliphatic hydroxyl groups excluding tert-OH is 1. The zero-order valence-electron chi connectivity index (χ0n) is 12.7. The molecule has 0 unspecified atom stereocenters. The number of hydrogen-bond donors (Lipinski definition) is 2. The van der Waals surface area contributed by atoms with Gasteiger partial charge in [0.1, 0.15) is 0 Å². The highest BCUT2D eigenvalue weighted by Gasteiger charge is 2.13. The Morgan fingerprint density at radius 3 is 2.62 bits per heavy atom. The second kappa shape index (κ2) is 7.25. The molecular formula is C17H15ClN4O2. The molecule has 122 valence electrons. The molecule has 0 radical (unpaired) electrons. The lowest BCUT2D eigenvalue weighted by molar-refractivity contribution is 0.102. The average molecular weight is 343 g/mol. The summed E-state index contributed by atoms with van der Waals surface area (Å²) in [7, 11) is 0. The van der Waals surface area contributed by atoms with Crippen molar-refractivity contribution < 1.29 is 9.90 Å². The first-order valence-electron chi connectivity index (χ1n) is 7.36. The van der Waals surface area contributed by atoms with Crippen molar-refractivity contribution in [3.8, 4) is 5.69 Å². The molecule has 2 aromatic carbocycles. The summed E-state index contributed by atoms with van der Waals surface area (Å²) in [6, 6.07) is 14.4. The van der Waals surface area contributed by atoms with Crippen LogP contribution < -0.4 is 5.32 Å². The molecule has 0 fully saturated rings. The van der Waals surface area contributed by atoms with E-state index < -0.39 is 0 Å². The van der Waals surface area contributed by atoms with Gasteiger partial charge in [0.15, 0.2) is 5.69 Å². The third-order valence-corrected chi connectivity index (χ3v) is 3.76. The van der Waals surface area contributed by atoms with Crippen LogP contribution in [-0.2, 0) is 6.42 Å². The first-order chi connectivity index (χ1) is 11.7. The molecule has 0 atom stereocenters. The molecule has 0 saturated heterocycles. The van der Waals surface area contributed by atoms with Gasteiger partial charge in [-0.2, -0.15) is 0 Å². The maximum Gasteiger partial charge on any atom is 0.277 e. The second-order valence-electron chi connectivity index (χ2n) is 5.12. The van der Waals surface area contributed by atoms with Crippen LogP contribution in [-0.4, -0.2) is 32.6 Å². The molecule has 0 bridgehead atoms. The summed E-state index contributed by atoms with van der Waals surface area (Å²) in [5.74, 6) is -0.358. The molecule has 0 aliphatic rings. The lowest BCUT2D eigenvalue weighted by atomic mass is 10.1. The molecule has 0 aliphatic heterocycles. The third-order valence-electron chi connectivity index (χ3n) is 3.44. The molecule has 1 amide bonds. The molecule has 7 heteroatoms. The molecule has 0 spiro atoms. The summed E-state index contributed by atoms with van der Waals surface area (Å²) >= 11 is 6.11. The van der Waals surface area contributed by atoms with Crippen LogP contribution in [0.4, 0.5) is 5.69 Å². The number of hydrogen-bond acceptors (Lipinski definition) is 4. The van der Waals surface area contributed by atoms with Crippen LogP contribution in [0.1, 0.15) is 16.1 Å². The Bertz CT molecular complexity index is 846. The van der Waals surface area contributed by atoms with E-state index in [0.29, 0.717) is 22.8 Å². The van der Waals surface area contributed by atoms with Gasteiger partial charge in [-0.15, -0.1) is 5.10 Å². The molecule has 1 heterocycles. The molecule has 0 aliphatic carbocycles. The Kier molecular flexibility index (Phi) is 4.88. The Labute approximate surface area is 143 Å². The molecule has 3 aromatic rings. The van der Waals surface area contributed by atoms with E-state index in [1.165, 1.54) is 10.9 Å². The predicted molar refractivity (Wildman–Crippen MR) is 91.6 cm³/mol. The fraction of sp³-hybridized carbons (Fsp3) is 0.118. The molecule has 24 heavy (non-hydrogen) atoms. The minimum atomic E-state index is -0.358. The maximum absolute atomic E-state index is 12.3. The minimum Gasteiger partial charge on any atom is -0.396 e. The van der Waals surface area contributed by atoms with Gasteiger partial charge in [0.05, 0.1) is 16.9 Å². The number of aliphatic hydroxyl groups is 1. The Morgan fingerprint density at radius 1 is 1.17 bits per heavy atom. The Morgan fingerprint density at radius 2 is 1.92 bits per heavy atom. The van der Waals surface area contributed by atoms with Crippen molar-refractivity contribution in [2.75, 3.05) is 11.9 Å². The van der Waals surface area contributed by atoms with E-state index in [4.69, 9.17) is 16.7 Å². The van der Waals surface area contributed by atoms with E-state index in [0.717, 1.165) is 5.56 Å². The number of nitrogens with zero attached hydrogens (tertiary/aromatic N) is 3. The number of benzene rings is 2. The first kappa shape index (κ1) is 16.2. The van der Waals surface area contributed by atoms with Crippen molar-refractivity contribution in [1.82, 2.24) is 15.0 Å². The molecule has 0 saturated carbocycles. The number of halogens is 1. The Balaban J connectivity index is 1.73. The van der Waals surface area contributed by atoms with E-state index in [1.54, 1.807) is 24.3 Å². The Hall–Kier alpha value is -2.70. The number of amides is 1. The van der Waals surface area contributed by atoms with Crippen molar-refractivity contribution in [3.63, 3.8) is 0 Å². The SMILES string of the molecule is O=C(Nc1ccc(CCO)cc1)c1cn(-c2ccccc2Cl)nn1. The normalized spacial score (nSPS) is 10.6. The van der Waals surface area contributed by atoms with Gasteiger partial charge >= 0.3 is 0 Å².